The van der Waals surface area contributed by atoms with Gasteiger partial charge >= 0.3 is 0 Å². The molecule has 1 aliphatic carbocycles. The first kappa shape index (κ1) is 9.52. The van der Waals surface area contributed by atoms with Crippen LogP contribution in [0.3, 0.4) is 0 Å². The van der Waals surface area contributed by atoms with Crippen molar-refractivity contribution < 1.29 is 9.21 Å². The van der Waals surface area contributed by atoms with Gasteiger partial charge < -0.3 is 4.42 Å². The van der Waals surface area contributed by atoms with Gasteiger partial charge in [0.05, 0.1) is 5.69 Å². The molecule has 1 aromatic heterocycles. The van der Waals surface area contributed by atoms with Gasteiger partial charge in [-0.2, -0.15) is 0 Å². The molecule has 0 bridgehead atoms. The molecule has 4 heteroatoms. The fourth-order valence-electron chi connectivity index (χ4n) is 1.25. The van der Waals surface area contributed by atoms with Crippen LogP contribution >= 0.6 is 11.8 Å². The molecular weight excluding hydrogens is 198 g/mol. The van der Waals surface area contributed by atoms with E-state index in [0.717, 1.165) is 22.8 Å². The summed E-state index contributed by atoms with van der Waals surface area (Å²) in [6.07, 6.45) is 3.13. The maximum atomic E-state index is 11.0. The van der Waals surface area contributed by atoms with Crippen molar-refractivity contribution in [2.24, 2.45) is 0 Å². The molecule has 1 aliphatic rings. The van der Waals surface area contributed by atoms with E-state index in [-0.39, 0.29) is 5.78 Å². The Hall–Kier alpha value is -1.03. The monoisotopic (exact) mass is 209 g/mol. The standard InChI is InChI=1S/C10H11NO2S/c1-6-7(2)13-10(11-6)14-9-4-3-8(12)5-9/h5H,3-4H2,1-2H3. The number of nitrogens with zero attached hydrogens (tertiary/aromatic N) is 1. The highest BCUT2D eigenvalue weighted by Crippen LogP contribution is 2.33. The fourth-order valence-corrected chi connectivity index (χ4v) is 2.22. The van der Waals surface area contributed by atoms with Crippen molar-refractivity contribution in [3.8, 4) is 0 Å². The van der Waals surface area contributed by atoms with Crippen LogP contribution in [0.15, 0.2) is 20.6 Å². The maximum absolute atomic E-state index is 11.0. The van der Waals surface area contributed by atoms with Crippen molar-refractivity contribution in [2.75, 3.05) is 0 Å². The van der Waals surface area contributed by atoms with E-state index < -0.39 is 0 Å². The zero-order valence-electron chi connectivity index (χ0n) is 8.16. The minimum absolute atomic E-state index is 0.201. The Bertz CT molecular complexity index is 387. The van der Waals surface area contributed by atoms with Crippen LogP contribution < -0.4 is 0 Å². The summed E-state index contributed by atoms with van der Waals surface area (Å²) in [5.41, 5.74) is 0.914. The minimum atomic E-state index is 0.201. The molecular formula is C10H11NO2S. The third kappa shape index (κ3) is 1.90. The second-order valence-electron chi connectivity index (χ2n) is 3.30. The van der Waals surface area contributed by atoms with Crippen molar-refractivity contribution in [3.05, 3.63) is 22.4 Å². The summed E-state index contributed by atoms with van der Waals surface area (Å²) in [7, 11) is 0. The van der Waals surface area contributed by atoms with Crippen molar-refractivity contribution in [1.82, 2.24) is 4.98 Å². The smallest absolute Gasteiger partial charge is 0.260 e. The SMILES string of the molecule is Cc1nc(SC2=CC(=O)CC2)oc1C. The molecule has 0 saturated carbocycles. The number of aryl methyl sites for hydroxylation is 2. The van der Waals surface area contributed by atoms with Crippen LogP contribution in [-0.2, 0) is 4.79 Å². The molecule has 14 heavy (non-hydrogen) atoms. The predicted octanol–water partition coefficient (Wildman–Crippen LogP) is 2.63. The van der Waals surface area contributed by atoms with Crippen LogP contribution in [0.1, 0.15) is 24.3 Å². The lowest BCUT2D eigenvalue weighted by atomic mass is 10.3. The molecule has 0 radical (unpaired) electrons. The topological polar surface area (TPSA) is 43.1 Å². The van der Waals surface area contributed by atoms with Gasteiger partial charge in [-0.3, -0.25) is 4.79 Å². The molecule has 1 aromatic rings. The number of hydrogen-bond acceptors (Lipinski definition) is 4. The number of rotatable bonds is 2. The Kier molecular flexibility index (Phi) is 2.46. The van der Waals surface area contributed by atoms with Crippen LogP contribution in [0, 0.1) is 13.8 Å². The molecule has 0 atom stereocenters. The van der Waals surface area contributed by atoms with E-state index in [9.17, 15) is 4.79 Å². The van der Waals surface area contributed by atoms with Crippen LogP contribution in [0.5, 0.6) is 0 Å². The van der Waals surface area contributed by atoms with E-state index in [1.165, 1.54) is 11.8 Å². The van der Waals surface area contributed by atoms with Gasteiger partial charge in [0.2, 0.25) is 0 Å². The number of oxazole rings is 1. The molecule has 74 valence electrons. The molecule has 1 heterocycles. The number of allylic oxidation sites excluding steroid dienone is 2. The minimum Gasteiger partial charge on any atom is -0.436 e. The Morgan fingerprint density at radius 1 is 1.43 bits per heavy atom. The van der Waals surface area contributed by atoms with E-state index in [1.54, 1.807) is 6.08 Å². The lowest BCUT2D eigenvalue weighted by molar-refractivity contribution is -0.114. The Labute approximate surface area is 86.6 Å². The first-order chi connectivity index (χ1) is 6.65. The van der Waals surface area contributed by atoms with Gasteiger partial charge in [0.15, 0.2) is 5.78 Å². The second-order valence-corrected chi connectivity index (χ2v) is 4.38. The zero-order valence-corrected chi connectivity index (χ0v) is 8.98. The lowest BCUT2D eigenvalue weighted by Gasteiger charge is -1.93. The summed E-state index contributed by atoms with van der Waals surface area (Å²) >= 11 is 1.45. The molecule has 0 N–H and O–H groups in total. The number of hydrogen-bond donors (Lipinski definition) is 0. The molecule has 3 nitrogen and oxygen atoms in total. The second kappa shape index (κ2) is 3.61. The van der Waals surface area contributed by atoms with Crippen molar-refractivity contribution in [1.29, 1.82) is 0 Å². The summed E-state index contributed by atoms with van der Waals surface area (Å²) in [6, 6.07) is 0. The number of ketones is 1. The van der Waals surface area contributed by atoms with E-state index in [4.69, 9.17) is 4.42 Å². The Morgan fingerprint density at radius 2 is 2.21 bits per heavy atom. The van der Waals surface area contributed by atoms with Crippen molar-refractivity contribution in [2.45, 2.75) is 31.9 Å². The molecule has 0 aliphatic heterocycles. The lowest BCUT2D eigenvalue weighted by Crippen LogP contribution is -1.80. The molecule has 0 unspecified atom stereocenters. The summed E-state index contributed by atoms with van der Waals surface area (Å²) in [5, 5.41) is 0.640. The van der Waals surface area contributed by atoms with Crippen molar-refractivity contribution in [3.63, 3.8) is 0 Å². The summed E-state index contributed by atoms with van der Waals surface area (Å²) in [4.78, 5) is 16.3. The third-order valence-corrected chi connectivity index (χ3v) is 3.10. The van der Waals surface area contributed by atoms with Gasteiger partial charge in [-0.05, 0) is 43.0 Å². The van der Waals surface area contributed by atoms with Gasteiger partial charge in [-0.1, -0.05) is 0 Å². The zero-order chi connectivity index (χ0) is 10.1. The normalized spacial score (nSPS) is 16.1. The van der Waals surface area contributed by atoms with Gasteiger partial charge in [-0.25, -0.2) is 4.98 Å². The third-order valence-electron chi connectivity index (χ3n) is 2.17. The van der Waals surface area contributed by atoms with Gasteiger partial charge in [0.1, 0.15) is 5.76 Å². The molecule has 0 spiro atoms. The highest BCUT2D eigenvalue weighted by atomic mass is 32.2. The van der Waals surface area contributed by atoms with Crippen LogP contribution in [-0.4, -0.2) is 10.8 Å². The summed E-state index contributed by atoms with van der Waals surface area (Å²) in [6.45, 7) is 3.80. The van der Waals surface area contributed by atoms with Gasteiger partial charge in [-0.15, -0.1) is 0 Å². The highest BCUT2D eigenvalue weighted by Gasteiger charge is 2.15. The summed E-state index contributed by atoms with van der Waals surface area (Å²) in [5.74, 6) is 1.05. The number of aromatic nitrogens is 1. The van der Waals surface area contributed by atoms with Gasteiger partial charge in [0, 0.05) is 6.42 Å². The van der Waals surface area contributed by atoms with Crippen LogP contribution in [0.2, 0.25) is 0 Å². The quantitative estimate of drug-likeness (QED) is 0.751. The Morgan fingerprint density at radius 3 is 2.71 bits per heavy atom. The van der Waals surface area contributed by atoms with E-state index >= 15 is 0 Å². The number of thioether (sulfide) groups is 1. The molecule has 0 fully saturated rings. The first-order valence-electron chi connectivity index (χ1n) is 4.50. The highest BCUT2D eigenvalue weighted by molar-refractivity contribution is 8.02. The largest absolute Gasteiger partial charge is 0.436 e. The average molecular weight is 209 g/mol. The molecule has 0 amide bonds. The molecule has 0 saturated heterocycles. The van der Waals surface area contributed by atoms with Crippen LogP contribution in [0.25, 0.3) is 0 Å². The van der Waals surface area contributed by atoms with Crippen LogP contribution in [0.4, 0.5) is 0 Å². The van der Waals surface area contributed by atoms with E-state index in [2.05, 4.69) is 4.98 Å². The molecule has 0 aromatic carbocycles. The van der Waals surface area contributed by atoms with Gasteiger partial charge in [0.25, 0.3) is 5.22 Å². The number of carbonyl (C=O) groups excluding carboxylic acids is 1. The Balaban J connectivity index is 2.11. The van der Waals surface area contributed by atoms with E-state index in [1.807, 2.05) is 13.8 Å². The number of carbonyl (C=O) groups is 1. The summed E-state index contributed by atoms with van der Waals surface area (Å²) < 4.78 is 5.41. The fraction of sp³-hybridized carbons (Fsp3) is 0.400. The first-order valence-corrected chi connectivity index (χ1v) is 5.32. The average Bonchev–Trinajstić information content (AvgIpc) is 2.62. The molecule has 2 rings (SSSR count). The van der Waals surface area contributed by atoms with Crippen molar-refractivity contribution >= 4 is 17.5 Å². The maximum Gasteiger partial charge on any atom is 0.260 e. The predicted molar refractivity (Wildman–Crippen MR) is 54.2 cm³/mol. The van der Waals surface area contributed by atoms with E-state index in [0.29, 0.717) is 11.6 Å².